The molecule has 1 aliphatic rings. The first-order valence-electron chi connectivity index (χ1n) is 5.59. The standard InChI is InChI=1S/C11H19N3/c1-3-11(7-5-8-12-11)10-6-9-13-14(10)4-2/h6,9,12H,3-5,7-8H2,1-2H3. The van der Waals surface area contributed by atoms with Crippen LogP contribution in [0, 0.1) is 0 Å². The normalized spacial score (nSPS) is 27.0. The second-order valence-electron chi connectivity index (χ2n) is 4.00. The van der Waals surface area contributed by atoms with E-state index in [1.807, 2.05) is 6.20 Å². The van der Waals surface area contributed by atoms with Crippen LogP contribution in [0.25, 0.3) is 0 Å². The predicted octanol–water partition coefficient (Wildman–Crippen LogP) is 1.89. The second kappa shape index (κ2) is 3.73. The highest BCUT2D eigenvalue weighted by Gasteiger charge is 2.35. The van der Waals surface area contributed by atoms with Gasteiger partial charge in [-0.25, -0.2) is 0 Å². The third-order valence-corrected chi connectivity index (χ3v) is 3.35. The average Bonchev–Trinajstić information content (AvgIpc) is 2.86. The summed E-state index contributed by atoms with van der Waals surface area (Å²) < 4.78 is 2.11. The van der Waals surface area contributed by atoms with Gasteiger partial charge in [0.1, 0.15) is 0 Å². The third kappa shape index (κ3) is 1.36. The van der Waals surface area contributed by atoms with Crippen LogP contribution in [-0.2, 0) is 12.1 Å². The van der Waals surface area contributed by atoms with E-state index in [1.54, 1.807) is 0 Å². The Morgan fingerprint density at radius 3 is 3.00 bits per heavy atom. The maximum atomic E-state index is 4.35. The number of nitrogens with one attached hydrogen (secondary N) is 1. The number of nitrogens with zero attached hydrogens (tertiary/aromatic N) is 2. The zero-order chi connectivity index (χ0) is 10.0. The minimum absolute atomic E-state index is 0.201. The largest absolute Gasteiger partial charge is 0.306 e. The van der Waals surface area contributed by atoms with Gasteiger partial charge < -0.3 is 5.32 Å². The molecular weight excluding hydrogens is 174 g/mol. The van der Waals surface area contributed by atoms with E-state index in [9.17, 15) is 0 Å². The lowest BCUT2D eigenvalue weighted by Crippen LogP contribution is -2.38. The maximum Gasteiger partial charge on any atom is 0.0603 e. The highest BCUT2D eigenvalue weighted by molar-refractivity contribution is 5.17. The van der Waals surface area contributed by atoms with E-state index in [1.165, 1.54) is 18.5 Å². The highest BCUT2D eigenvalue weighted by atomic mass is 15.3. The predicted molar refractivity (Wildman–Crippen MR) is 57.1 cm³/mol. The van der Waals surface area contributed by atoms with Crippen LogP contribution in [0.3, 0.4) is 0 Å². The first-order chi connectivity index (χ1) is 6.82. The van der Waals surface area contributed by atoms with Crippen molar-refractivity contribution in [2.45, 2.75) is 45.2 Å². The van der Waals surface area contributed by atoms with Crippen LogP contribution in [0.4, 0.5) is 0 Å². The Balaban J connectivity index is 2.35. The van der Waals surface area contributed by atoms with Crippen molar-refractivity contribution in [3.8, 4) is 0 Å². The van der Waals surface area contributed by atoms with E-state index in [0.717, 1.165) is 19.5 Å². The lowest BCUT2D eigenvalue weighted by Gasteiger charge is -2.28. The molecule has 3 nitrogen and oxygen atoms in total. The summed E-state index contributed by atoms with van der Waals surface area (Å²) >= 11 is 0. The van der Waals surface area contributed by atoms with E-state index < -0.39 is 0 Å². The third-order valence-electron chi connectivity index (χ3n) is 3.35. The first kappa shape index (κ1) is 9.71. The summed E-state index contributed by atoms with van der Waals surface area (Å²) in [6, 6.07) is 2.16. The van der Waals surface area contributed by atoms with Crippen LogP contribution in [0.1, 0.15) is 38.8 Å². The smallest absolute Gasteiger partial charge is 0.0603 e. The van der Waals surface area contributed by atoms with Crippen LogP contribution in [-0.4, -0.2) is 16.3 Å². The number of aromatic nitrogens is 2. The van der Waals surface area contributed by atoms with Gasteiger partial charge in [0.25, 0.3) is 0 Å². The minimum Gasteiger partial charge on any atom is -0.306 e. The molecule has 3 heteroatoms. The van der Waals surface area contributed by atoms with Gasteiger partial charge in [0.05, 0.1) is 11.2 Å². The molecule has 1 atom stereocenters. The van der Waals surface area contributed by atoms with E-state index in [2.05, 4.69) is 35.0 Å². The maximum absolute atomic E-state index is 4.35. The molecule has 1 N–H and O–H groups in total. The molecule has 0 radical (unpaired) electrons. The van der Waals surface area contributed by atoms with Gasteiger partial charge in [-0.15, -0.1) is 0 Å². The summed E-state index contributed by atoms with van der Waals surface area (Å²) in [5, 5.41) is 7.98. The summed E-state index contributed by atoms with van der Waals surface area (Å²) in [5.41, 5.74) is 1.56. The molecule has 1 unspecified atom stereocenters. The van der Waals surface area contributed by atoms with Crippen LogP contribution in [0.5, 0.6) is 0 Å². The van der Waals surface area contributed by atoms with Gasteiger partial charge in [0.2, 0.25) is 0 Å². The molecule has 0 amide bonds. The number of hydrogen-bond donors (Lipinski definition) is 1. The molecule has 1 saturated heterocycles. The van der Waals surface area contributed by atoms with E-state index in [0.29, 0.717) is 0 Å². The molecule has 0 spiro atoms. The Bertz CT molecular complexity index is 297. The second-order valence-corrected chi connectivity index (χ2v) is 4.00. The molecular formula is C11H19N3. The Morgan fingerprint density at radius 1 is 1.57 bits per heavy atom. The first-order valence-corrected chi connectivity index (χ1v) is 5.59. The van der Waals surface area contributed by atoms with Gasteiger partial charge in [-0.05, 0) is 38.8 Å². The van der Waals surface area contributed by atoms with Crippen LogP contribution in [0.15, 0.2) is 12.3 Å². The summed E-state index contributed by atoms with van der Waals surface area (Å²) in [4.78, 5) is 0. The quantitative estimate of drug-likeness (QED) is 0.794. The molecule has 2 heterocycles. The van der Waals surface area contributed by atoms with Crippen molar-refractivity contribution in [1.29, 1.82) is 0 Å². The van der Waals surface area contributed by atoms with Gasteiger partial charge >= 0.3 is 0 Å². The van der Waals surface area contributed by atoms with Crippen LogP contribution < -0.4 is 5.32 Å². The lowest BCUT2D eigenvalue weighted by atomic mass is 9.90. The van der Waals surface area contributed by atoms with Crippen molar-refractivity contribution in [2.75, 3.05) is 6.54 Å². The molecule has 0 saturated carbocycles. The van der Waals surface area contributed by atoms with Gasteiger partial charge in [0, 0.05) is 12.7 Å². The summed E-state index contributed by atoms with van der Waals surface area (Å²) in [7, 11) is 0. The fraction of sp³-hybridized carbons (Fsp3) is 0.727. The minimum atomic E-state index is 0.201. The molecule has 1 aliphatic heterocycles. The molecule has 0 aromatic carbocycles. The van der Waals surface area contributed by atoms with Gasteiger partial charge in [-0.1, -0.05) is 6.92 Å². The van der Waals surface area contributed by atoms with E-state index in [4.69, 9.17) is 0 Å². The molecule has 1 fully saturated rings. The fourth-order valence-electron chi connectivity index (χ4n) is 2.50. The highest BCUT2D eigenvalue weighted by Crippen LogP contribution is 2.33. The van der Waals surface area contributed by atoms with Crippen LogP contribution in [0.2, 0.25) is 0 Å². The van der Waals surface area contributed by atoms with Crippen molar-refractivity contribution in [2.24, 2.45) is 0 Å². The summed E-state index contributed by atoms with van der Waals surface area (Å²) in [6.45, 7) is 6.51. The topological polar surface area (TPSA) is 29.9 Å². The molecule has 2 rings (SSSR count). The van der Waals surface area contributed by atoms with Crippen molar-refractivity contribution >= 4 is 0 Å². The van der Waals surface area contributed by atoms with Gasteiger partial charge in [-0.3, -0.25) is 4.68 Å². The molecule has 0 aliphatic carbocycles. The SMILES string of the molecule is CCn1nccc1C1(CC)CCCN1. The molecule has 1 aromatic heterocycles. The summed E-state index contributed by atoms with van der Waals surface area (Å²) in [6.07, 6.45) is 5.59. The summed E-state index contributed by atoms with van der Waals surface area (Å²) in [5.74, 6) is 0. The lowest BCUT2D eigenvalue weighted by molar-refractivity contribution is 0.343. The Morgan fingerprint density at radius 2 is 2.43 bits per heavy atom. The van der Waals surface area contributed by atoms with Crippen LogP contribution >= 0.6 is 0 Å². The number of rotatable bonds is 3. The van der Waals surface area contributed by atoms with Crippen molar-refractivity contribution in [3.63, 3.8) is 0 Å². The van der Waals surface area contributed by atoms with Gasteiger partial charge in [-0.2, -0.15) is 5.10 Å². The van der Waals surface area contributed by atoms with Crippen molar-refractivity contribution in [3.05, 3.63) is 18.0 Å². The Kier molecular flexibility index (Phi) is 2.59. The van der Waals surface area contributed by atoms with E-state index in [-0.39, 0.29) is 5.54 Å². The van der Waals surface area contributed by atoms with Gasteiger partial charge in [0.15, 0.2) is 0 Å². The Hall–Kier alpha value is -0.830. The Labute approximate surface area is 85.5 Å². The molecule has 1 aromatic rings. The van der Waals surface area contributed by atoms with Crippen molar-refractivity contribution < 1.29 is 0 Å². The van der Waals surface area contributed by atoms with E-state index >= 15 is 0 Å². The average molecular weight is 193 g/mol. The number of hydrogen-bond acceptors (Lipinski definition) is 2. The zero-order valence-electron chi connectivity index (χ0n) is 9.08. The molecule has 14 heavy (non-hydrogen) atoms. The monoisotopic (exact) mass is 193 g/mol. The number of aryl methyl sites for hydroxylation is 1. The fourth-order valence-corrected chi connectivity index (χ4v) is 2.50. The zero-order valence-corrected chi connectivity index (χ0v) is 9.08. The molecule has 78 valence electrons. The van der Waals surface area contributed by atoms with Crippen molar-refractivity contribution in [1.82, 2.24) is 15.1 Å². The molecule has 0 bridgehead atoms.